The Morgan fingerprint density at radius 2 is 2.41 bits per heavy atom. The van der Waals surface area contributed by atoms with Crippen molar-refractivity contribution in [2.75, 3.05) is 18.4 Å². The van der Waals surface area contributed by atoms with Crippen molar-refractivity contribution < 1.29 is 4.79 Å². The number of likely N-dealkylation sites (tertiary alicyclic amines) is 1. The van der Waals surface area contributed by atoms with E-state index in [2.05, 4.69) is 32.1 Å². The van der Waals surface area contributed by atoms with Gasteiger partial charge >= 0.3 is 0 Å². The monoisotopic (exact) mass is 317 g/mol. The quantitative estimate of drug-likeness (QED) is 0.937. The highest BCUT2D eigenvalue weighted by molar-refractivity contribution is 7.13. The molecular formula is C15H19N5OS. The van der Waals surface area contributed by atoms with E-state index in [1.165, 1.54) is 42.8 Å². The minimum Gasteiger partial charge on any atom is -0.297 e. The van der Waals surface area contributed by atoms with Crippen LogP contribution in [-0.4, -0.2) is 38.8 Å². The maximum atomic E-state index is 12.0. The summed E-state index contributed by atoms with van der Waals surface area (Å²) in [7, 11) is 0. The summed E-state index contributed by atoms with van der Waals surface area (Å²) in [4.78, 5) is 26.8. The normalized spacial score (nSPS) is 19.0. The van der Waals surface area contributed by atoms with Crippen molar-refractivity contribution in [2.24, 2.45) is 5.92 Å². The number of rotatable bonds is 4. The van der Waals surface area contributed by atoms with Gasteiger partial charge in [0.1, 0.15) is 5.69 Å². The van der Waals surface area contributed by atoms with Crippen LogP contribution in [0.4, 0.5) is 5.13 Å². The van der Waals surface area contributed by atoms with E-state index < -0.39 is 0 Å². The second-order valence-electron chi connectivity index (χ2n) is 5.67. The number of piperidine rings is 1. The van der Waals surface area contributed by atoms with Crippen molar-refractivity contribution >= 4 is 22.4 Å². The van der Waals surface area contributed by atoms with Gasteiger partial charge in [0.25, 0.3) is 5.91 Å². The first-order chi connectivity index (χ1) is 10.7. The van der Waals surface area contributed by atoms with Crippen LogP contribution in [0.25, 0.3) is 0 Å². The van der Waals surface area contributed by atoms with Gasteiger partial charge in [-0.15, -0.1) is 11.3 Å². The first-order valence-electron chi connectivity index (χ1n) is 7.45. The number of amides is 1. The van der Waals surface area contributed by atoms with Gasteiger partial charge in [0.15, 0.2) is 5.13 Å². The first kappa shape index (κ1) is 15.1. The molecule has 0 spiro atoms. The van der Waals surface area contributed by atoms with Gasteiger partial charge in [-0.1, -0.05) is 6.92 Å². The number of carbonyl (C=O) groups excluding carboxylic acids is 1. The molecular weight excluding hydrogens is 298 g/mol. The Hall–Kier alpha value is -1.86. The Balaban J connectivity index is 1.58. The lowest BCUT2D eigenvalue weighted by Gasteiger charge is -2.30. The molecule has 1 atom stereocenters. The smallest absolute Gasteiger partial charge is 0.277 e. The highest BCUT2D eigenvalue weighted by Gasteiger charge is 2.17. The third-order valence-electron chi connectivity index (χ3n) is 3.69. The molecule has 1 aliphatic rings. The van der Waals surface area contributed by atoms with E-state index in [0.717, 1.165) is 31.2 Å². The molecule has 22 heavy (non-hydrogen) atoms. The number of hydrogen-bond acceptors (Lipinski definition) is 6. The minimum absolute atomic E-state index is 0.277. The number of hydrogen-bond donors (Lipinski definition) is 1. The van der Waals surface area contributed by atoms with Crippen LogP contribution in [0.2, 0.25) is 0 Å². The lowest BCUT2D eigenvalue weighted by Crippen LogP contribution is -2.33. The van der Waals surface area contributed by atoms with Gasteiger partial charge in [-0.3, -0.25) is 20.0 Å². The summed E-state index contributed by atoms with van der Waals surface area (Å²) in [6.07, 6.45) is 7.05. The van der Waals surface area contributed by atoms with Crippen molar-refractivity contribution in [3.63, 3.8) is 0 Å². The fraction of sp³-hybridized carbons (Fsp3) is 0.467. The van der Waals surface area contributed by atoms with Crippen molar-refractivity contribution in [1.29, 1.82) is 0 Å². The van der Waals surface area contributed by atoms with E-state index in [1.54, 1.807) is 0 Å². The van der Waals surface area contributed by atoms with Gasteiger partial charge in [0.05, 0.1) is 11.9 Å². The zero-order valence-corrected chi connectivity index (χ0v) is 13.3. The van der Waals surface area contributed by atoms with E-state index in [0.29, 0.717) is 10.8 Å². The lowest BCUT2D eigenvalue weighted by atomic mass is 10.0. The SMILES string of the molecule is CC1CCCN(Cc2csc(NC(=O)c3cnccn3)n2)C1. The summed E-state index contributed by atoms with van der Waals surface area (Å²) in [5, 5.41) is 5.38. The topological polar surface area (TPSA) is 71.0 Å². The van der Waals surface area contributed by atoms with Crippen molar-refractivity contribution in [1.82, 2.24) is 19.9 Å². The molecule has 1 N–H and O–H groups in total. The van der Waals surface area contributed by atoms with Crippen LogP contribution in [0.3, 0.4) is 0 Å². The van der Waals surface area contributed by atoms with Crippen LogP contribution in [0, 0.1) is 5.92 Å². The van der Waals surface area contributed by atoms with E-state index in [1.807, 2.05) is 5.38 Å². The largest absolute Gasteiger partial charge is 0.297 e. The molecule has 7 heteroatoms. The Morgan fingerprint density at radius 1 is 1.50 bits per heavy atom. The Kier molecular flexibility index (Phi) is 4.74. The Labute approximate surface area is 133 Å². The molecule has 3 heterocycles. The number of thiazole rings is 1. The molecule has 1 saturated heterocycles. The van der Waals surface area contributed by atoms with Crippen LogP contribution in [0.15, 0.2) is 24.0 Å². The maximum Gasteiger partial charge on any atom is 0.277 e. The van der Waals surface area contributed by atoms with Gasteiger partial charge in [0, 0.05) is 30.9 Å². The number of nitrogens with one attached hydrogen (secondary N) is 1. The van der Waals surface area contributed by atoms with E-state index in [9.17, 15) is 4.79 Å². The molecule has 0 bridgehead atoms. The van der Waals surface area contributed by atoms with Crippen LogP contribution < -0.4 is 5.32 Å². The van der Waals surface area contributed by atoms with Crippen molar-refractivity contribution in [3.05, 3.63) is 35.4 Å². The van der Waals surface area contributed by atoms with Crippen LogP contribution in [0.5, 0.6) is 0 Å². The zero-order chi connectivity index (χ0) is 15.4. The third kappa shape index (κ3) is 3.86. The van der Waals surface area contributed by atoms with Gasteiger partial charge in [-0.2, -0.15) is 0 Å². The average molecular weight is 317 g/mol. The fourth-order valence-corrected chi connectivity index (χ4v) is 3.37. The number of nitrogens with zero attached hydrogens (tertiary/aromatic N) is 4. The zero-order valence-electron chi connectivity index (χ0n) is 12.5. The number of anilines is 1. The van der Waals surface area contributed by atoms with Crippen LogP contribution in [-0.2, 0) is 6.54 Å². The molecule has 2 aromatic rings. The van der Waals surface area contributed by atoms with Crippen molar-refractivity contribution in [2.45, 2.75) is 26.3 Å². The molecule has 2 aromatic heterocycles. The highest BCUT2D eigenvalue weighted by Crippen LogP contribution is 2.21. The number of carbonyl (C=O) groups is 1. The van der Waals surface area contributed by atoms with Gasteiger partial charge in [0.2, 0.25) is 0 Å². The summed E-state index contributed by atoms with van der Waals surface area (Å²) in [5.41, 5.74) is 1.30. The molecule has 1 amide bonds. The average Bonchev–Trinajstić information content (AvgIpc) is 2.95. The second-order valence-corrected chi connectivity index (χ2v) is 6.53. The summed E-state index contributed by atoms with van der Waals surface area (Å²) < 4.78 is 0. The Morgan fingerprint density at radius 3 is 3.18 bits per heavy atom. The van der Waals surface area contributed by atoms with Gasteiger partial charge in [-0.25, -0.2) is 9.97 Å². The first-order valence-corrected chi connectivity index (χ1v) is 8.33. The molecule has 3 rings (SSSR count). The third-order valence-corrected chi connectivity index (χ3v) is 4.50. The van der Waals surface area contributed by atoms with Crippen LogP contribution >= 0.6 is 11.3 Å². The number of aromatic nitrogens is 3. The predicted octanol–water partition coefficient (Wildman–Crippen LogP) is 2.42. The van der Waals surface area contributed by atoms with Crippen molar-refractivity contribution in [3.8, 4) is 0 Å². The lowest BCUT2D eigenvalue weighted by molar-refractivity contribution is 0.102. The summed E-state index contributed by atoms with van der Waals surface area (Å²) in [6, 6.07) is 0. The molecule has 0 aromatic carbocycles. The summed E-state index contributed by atoms with van der Waals surface area (Å²) in [5.74, 6) is 0.476. The van der Waals surface area contributed by atoms with Crippen LogP contribution in [0.1, 0.15) is 35.9 Å². The summed E-state index contributed by atoms with van der Waals surface area (Å²) >= 11 is 1.44. The molecule has 1 aliphatic heterocycles. The van der Waals surface area contributed by atoms with E-state index >= 15 is 0 Å². The molecule has 1 unspecified atom stereocenters. The molecule has 1 fully saturated rings. The molecule has 0 aliphatic carbocycles. The standard InChI is InChI=1S/C15H19N5OS/c1-11-3-2-6-20(8-11)9-12-10-22-15(18-12)19-14(21)13-7-16-4-5-17-13/h4-5,7,10-11H,2-3,6,8-9H2,1H3,(H,18,19,21). The molecule has 116 valence electrons. The molecule has 0 radical (unpaired) electrons. The summed E-state index contributed by atoms with van der Waals surface area (Å²) in [6.45, 7) is 5.39. The van der Waals surface area contributed by atoms with E-state index in [-0.39, 0.29) is 5.91 Å². The van der Waals surface area contributed by atoms with Gasteiger partial charge in [-0.05, 0) is 25.3 Å². The van der Waals surface area contributed by atoms with Gasteiger partial charge < -0.3 is 0 Å². The predicted molar refractivity (Wildman–Crippen MR) is 85.8 cm³/mol. The minimum atomic E-state index is -0.277. The highest BCUT2D eigenvalue weighted by atomic mass is 32.1. The fourth-order valence-electron chi connectivity index (χ4n) is 2.67. The maximum absolute atomic E-state index is 12.0. The van der Waals surface area contributed by atoms with E-state index in [4.69, 9.17) is 0 Å². The molecule has 6 nitrogen and oxygen atoms in total. The second kappa shape index (κ2) is 6.93. The Bertz CT molecular complexity index is 630. The molecule has 0 saturated carbocycles.